The molecule has 0 aromatic heterocycles. The van der Waals surface area contributed by atoms with Gasteiger partial charge in [-0.05, 0) is 66.6 Å². The van der Waals surface area contributed by atoms with Crippen LogP contribution < -0.4 is 15.5 Å². The SMILES string of the molecule is C[C@@H](NC(=O)COc1ccc(/C=N\NC(=O)[C@@H]2CN(S(=O)(=O)c3ccccc3)CCN2S(=O)(=O)c2ccccc2)cc1)c1ccccc1. The predicted molar refractivity (Wildman–Crippen MR) is 180 cm³/mol. The highest BCUT2D eigenvalue weighted by Crippen LogP contribution is 2.25. The Morgan fingerprint density at radius 1 is 0.812 bits per heavy atom. The van der Waals surface area contributed by atoms with Crippen LogP contribution >= 0.6 is 0 Å². The third kappa shape index (κ3) is 8.33. The molecule has 5 rings (SSSR count). The lowest BCUT2D eigenvalue weighted by Gasteiger charge is -2.38. The molecule has 1 saturated heterocycles. The summed E-state index contributed by atoms with van der Waals surface area (Å²) in [7, 11) is -8.15. The Bertz CT molecular complexity index is 1940. The number of hydrogen-bond acceptors (Lipinski definition) is 8. The van der Waals surface area contributed by atoms with Gasteiger partial charge in [-0.1, -0.05) is 66.7 Å². The maximum absolute atomic E-state index is 13.6. The zero-order valence-electron chi connectivity index (χ0n) is 26.0. The van der Waals surface area contributed by atoms with E-state index in [0.29, 0.717) is 11.3 Å². The van der Waals surface area contributed by atoms with E-state index in [1.54, 1.807) is 60.7 Å². The second-order valence-corrected chi connectivity index (χ2v) is 14.7. The van der Waals surface area contributed by atoms with Crippen LogP contribution in [0.25, 0.3) is 0 Å². The molecule has 12 nitrogen and oxygen atoms in total. The van der Waals surface area contributed by atoms with Crippen LogP contribution in [0.3, 0.4) is 0 Å². The minimum Gasteiger partial charge on any atom is -0.484 e. The Balaban J connectivity index is 1.23. The number of piperazine rings is 1. The minimum absolute atomic E-state index is 0.0174. The molecule has 1 aliphatic rings. The summed E-state index contributed by atoms with van der Waals surface area (Å²) in [5.74, 6) is -0.627. The molecule has 48 heavy (non-hydrogen) atoms. The lowest BCUT2D eigenvalue weighted by molar-refractivity contribution is -0.126. The Morgan fingerprint density at radius 2 is 1.38 bits per heavy atom. The van der Waals surface area contributed by atoms with Crippen LogP contribution in [-0.4, -0.2) is 75.8 Å². The van der Waals surface area contributed by atoms with Gasteiger partial charge in [0, 0.05) is 19.6 Å². The second-order valence-electron chi connectivity index (χ2n) is 10.9. The number of benzene rings is 4. The van der Waals surface area contributed by atoms with Crippen molar-refractivity contribution in [1.82, 2.24) is 19.4 Å². The molecule has 1 aliphatic heterocycles. The minimum atomic E-state index is -4.15. The number of carbonyl (C=O) groups is 2. The Labute approximate surface area is 280 Å². The van der Waals surface area contributed by atoms with Crippen LogP contribution in [-0.2, 0) is 29.6 Å². The van der Waals surface area contributed by atoms with Crippen molar-refractivity contribution in [2.75, 3.05) is 26.2 Å². The molecule has 0 radical (unpaired) electrons. The summed E-state index contributed by atoms with van der Waals surface area (Å²) >= 11 is 0. The van der Waals surface area contributed by atoms with Crippen molar-refractivity contribution in [3.05, 3.63) is 126 Å². The Kier molecular flexibility index (Phi) is 11.0. The van der Waals surface area contributed by atoms with Crippen molar-refractivity contribution in [2.24, 2.45) is 5.10 Å². The number of hydrazone groups is 1. The fraction of sp³-hybridized carbons (Fsp3) is 0.206. The van der Waals surface area contributed by atoms with Crippen molar-refractivity contribution >= 4 is 38.1 Å². The molecule has 0 spiro atoms. The van der Waals surface area contributed by atoms with Gasteiger partial charge in [-0.25, -0.2) is 22.3 Å². The van der Waals surface area contributed by atoms with E-state index in [-0.39, 0.29) is 41.4 Å². The molecule has 1 heterocycles. The second kappa shape index (κ2) is 15.3. The number of rotatable bonds is 12. The number of sulfonamides is 2. The zero-order valence-corrected chi connectivity index (χ0v) is 27.7. The first kappa shape index (κ1) is 34.4. The van der Waals surface area contributed by atoms with Crippen molar-refractivity contribution in [1.29, 1.82) is 0 Å². The van der Waals surface area contributed by atoms with Gasteiger partial charge in [0.1, 0.15) is 11.8 Å². The summed E-state index contributed by atoms with van der Waals surface area (Å²) in [6, 6.07) is 30.0. The third-order valence-corrected chi connectivity index (χ3v) is 11.4. The zero-order chi connectivity index (χ0) is 34.1. The third-order valence-electron chi connectivity index (χ3n) is 7.64. The summed E-state index contributed by atoms with van der Waals surface area (Å²) in [6.07, 6.45) is 1.35. The van der Waals surface area contributed by atoms with Gasteiger partial charge in [-0.2, -0.15) is 13.7 Å². The molecule has 14 heteroatoms. The predicted octanol–water partition coefficient (Wildman–Crippen LogP) is 3.16. The summed E-state index contributed by atoms with van der Waals surface area (Å²) in [5.41, 5.74) is 3.93. The molecule has 0 saturated carbocycles. The van der Waals surface area contributed by atoms with Gasteiger partial charge in [-0.3, -0.25) is 9.59 Å². The summed E-state index contributed by atoms with van der Waals surface area (Å²) in [6.45, 7) is 0.917. The highest BCUT2D eigenvalue weighted by Gasteiger charge is 2.43. The first-order chi connectivity index (χ1) is 23.1. The van der Waals surface area contributed by atoms with E-state index in [0.717, 1.165) is 14.2 Å². The van der Waals surface area contributed by atoms with Crippen LogP contribution in [0, 0.1) is 0 Å². The molecule has 4 aromatic carbocycles. The Hall–Kier alpha value is -4.89. The molecular weight excluding hydrogens is 655 g/mol. The standard InChI is InChI=1S/C34H35N5O7S2/c1-26(28-11-5-2-6-12-28)36-33(40)25-46-29-19-17-27(18-20-29)23-35-37-34(41)32-24-38(47(42,43)30-13-7-3-8-14-30)21-22-39(32)48(44,45)31-15-9-4-10-16-31/h2-20,23,26,32H,21-22,24-25H2,1H3,(H,36,40)(H,37,41)/b35-23-/t26-,32+/m1/s1. The molecule has 250 valence electrons. The van der Waals surface area contributed by atoms with Crippen LogP contribution in [0.5, 0.6) is 5.75 Å². The maximum Gasteiger partial charge on any atom is 0.259 e. The molecule has 1 fully saturated rings. The molecule has 4 aromatic rings. The fourth-order valence-corrected chi connectivity index (χ4v) is 8.13. The van der Waals surface area contributed by atoms with Crippen LogP contribution in [0.4, 0.5) is 0 Å². The number of nitrogens with zero attached hydrogens (tertiary/aromatic N) is 3. The van der Waals surface area contributed by atoms with Gasteiger partial charge in [0.05, 0.1) is 22.0 Å². The van der Waals surface area contributed by atoms with E-state index < -0.39 is 38.5 Å². The number of hydrogen-bond donors (Lipinski definition) is 2. The van der Waals surface area contributed by atoms with Crippen LogP contribution in [0.2, 0.25) is 0 Å². The van der Waals surface area contributed by atoms with E-state index in [9.17, 15) is 26.4 Å². The summed E-state index contributed by atoms with van der Waals surface area (Å²) < 4.78 is 61.6. The molecule has 2 N–H and O–H groups in total. The molecule has 0 unspecified atom stereocenters. The lowest BCUT2D eigenvalue weighted by Crippen LogP contribution is -2.60. The van der Waals surface area contributed by atoms with Gasteiger partial charge < -0.3 is 10.1 Å². The van der Waals surface area contributed by atoms with Crippen LogP contribution in [0.15, 0.2) is 130 Å². The molecule has 0 bridgehead atoms. The van der Waals surface area contributed by atoms with Crippen LogP contribution in [0.1, 0.15) is 24.1 Å². The summed E-state index contributed by atoms with van der Waals surface area (Å²) in [4.78, 5) is 25.8. The monoisotopic (exact) mass is 689 g/mol. The van der Waals surface area contributed by atoms with Gasteiger partial charge in [-0.15, -0.1) is 0 Å². The first-order valence-electron chi connectivity index (χ1n) is 15.1. The lowest BCUT2D eigenvalue weighted by atomic mass is 10.1. The first-order valence-corrected chi connectivity index (χ1v) is 18.0. The molecule has 2 atom stereocenters. The average molecular weight is 690 g/mol. The number of amides is 2. The van der Waals surface area contributed by atoms with Crippen molar-refractivity contribution in [2.45, 2.75) is 28.8 Å². The van der Waals surface area contributed by atoms with E-state index in [4.69, 9.17) is 4.74 Å². The quantitative estimate of drug-likeness (QED) is 0.171. The largest absolute Gasteiger partial charge is 0.484 e. The number of carbonyl (C=O) groups excluding carboxylic acids is 2. The number of nitrogens with one attached hydrogen (secondary N) is 2. The van der Waals surface area contributed by atoms with Gasteiger partial charge in [0.25, 0.3) is 11.8 Å². The van der Waals surface area contributed by atoms with Gasteiger partial charge in [0.2, 0.25) is 20.0 Å². The normalized spacial score (nSPS) is 16.6. The summed E-state index contributed by atoms with van der Waals surface area (Å²) in [5, 5.41) is 6.88. The van der Waals surface area contributed by atoms with Crippen molar-refractivity contribution < 1.29 is 31.2 Å². The van der Waals surface area contributed by atoms with Gasteiger partial charge >= 0.3 is 0 Å². The number of ether oxygens (including phenoxy) is 1. The average Bonchev–Trinajstić information content (AvgIpc) is 3.12. The van der Waals surface area contributed by atoms with E-state index in [2.05, 4.69) is 15.8 Å². The fourth-order valence-electron chi connectivity index (χ4n) is 5.08. The highest BCUT2D eigenvalue weighted by molar-refractivity contribution is 7.89. The van der Waals surface area contributed by atoms with Crippen molar-refractivity contribution in [3.63, 3.8) is 0 Å². The molecular formula is C34H35N5O7S2. The van der Waals surface area contributed by atoms with Gasteiger partial charge in [0.15, 0.2) is 6.61 Å². The van der Waals surface area contributed by atoms with E-state index in [1.165, 1.54) is 30.5 Å². The van der Waals surface area contributed by atoms with Crippen molar-refractivity contribution in [3.8, 4) is 5.75 Å². The highest BCUT2D eigenvalue weighted by atomic mass is 32.2. The maximum atomic E-state index is 13.6. The molecule has 0 aliphatic carbocycles. The van der Waals surface area contributed by atoms with E-state index >= 15 is 0 Å². The Morgan fingerprint density at radius 3 is 1.98 bits per heavy atom. The smallest absolute Gasteiger partial charge is 0.259 e. The van der Waals surface area contributed by atoms with E-state index in [1.807, 2.05) is 37.3 Å². The topological polar surface area (TPSA) is 155 Å². The molecule has 2 amide bonds.